The maximum Gasteiger partial charge on any atom is 0.315 e. The van der Waals surface area contributed by atoms with Crippen molar-refractivity contribution in [1.82, 2.24) is 0 Å². The van der Waals surface area contributed by atoms with Crippen molar-refractivity contribution >= 4 is 12.3 Å². The highest BCUT2D eigenvalue weighted by Crippen LogP contribution is 2.50. The van der Waals surface area contributed by atoms with Crippen molar-refractivity contribution in [2.45, 2.75) is 39.7 Å². The van der Waals surface area contributed by atoms with Crippen molar-refractivity contribution in [3.05, 3.63) is 22.8 Å². The van der Waals surface area contributed by atoms with Crippen LogP contribution in [-0.2, 0) is 14.3 Å². The van der Waals surface area contributed by atoms with Crippen LogP contribution in [-0.4, -0.2) is 30.6 Å². The maximum absolute atomic E-state index is 12.0. The van der Waals surface area contributed by atoms with Crippen LogP contribution in [0.15, 0.2) is 22.8 Å². The topological polar surface area (TPSA) is 63.6 Å². The minimum atomic E-state index is -0.895. The van der Waals surface area contributed by atoms with Gasteiger partial charge in [0.25, 0.3) is 0 Å². The predicted molar refractivity (Wildman–Crippen MR) is 74.9 cm³/mol. The van der Waals surface area contributed by atoms with Crippen LogP contribution in [0.4, 0.5) is 0 Å². The molecule has 0 heterocycles. The van der Waals surface area contributed by atoms with E-state index in [0.29, 0.717) is 11.9 Å². The van der Waals surface area contributed by atoms with Crippen LogP contribution >= 0.6 is 0 Å². The van der Waals surface area contributed by atoms with Crippen LogP contribution in [0.1, 0.15) is 33.6 Å². The number of carbonyl (C=O) groups excluding carboxylic acids is 2. The van der Waals surface area contributed by atoms with E-state index in [1.807, 2.05) is 6.92 Å². The van der Waals surface area contributed by atoms with E-state index in [1.165, 1.54) is 7.11 Å². The van der Waals surface area contributed by atoms with Gasteiger partial charge in [-0.3, -0.25) is 9.59 Å². The highest BCUT2D eigenvalue weighted by atomic mass is 16.5. The third-order valence-electron chi connectivity index (χ3n) is 4.48. The summed E-state index contributed by atoms with van der Waals surface area (Å²) in [6, 6.07) is 0. The standard InChI is InChI=1S/C16H22O4/c1-9-5-10(8-17)13(15(19)20-4)14(18)12-7-16(2,3)6-11(9)12/h5,8,12-14,18H,6-7H2,1-4H3. The fraction of sp³-hybridized carbons (Fsp3) is 0.625. The van der Waals surface area contributed by atoms with Gasteiger partial charge in [-0.1, -0.05) is 31.1 Å². The lowest BCUT2D eigenvalue weighted by Crippen LogP contribution is -2.36. The van der Waals surface area contributed by atoms with Gasteiger partial charge in [0.15, 0.2) is 0 Å². The van der Waals surface area contributed by atoms with Gasteiger partial charge >= 0.3 is 5.97 Å². The van der Waals surface area contributed by atoms with Crippen LogP contribution in [0.3, 0.4) is 0 Å². The molecule has 20 heavy (non-hydrogen) atoms. The molecule has 0 radical (unpaired) electrons. The third kappa shape index (κ3) is 2.44. The van der Waals surface area contributed by atoms with Gasteiger partial charge in [-0.25, -0.2) is 0 Å². The second-order valence-corrected chi connectivity index (χ2v) is 6.61. The number of aldehydes is 1. The SMILES string of the molecule is COC(=O)C1C(C=O)=CC(C)=C2CC(C)(C)CC2C1O. The van der Waals surface area contributed by atoms with Gasteiger partial charge in [0.05, 0.1) is 13.2 Å². The van der Waals surface area contributed by atoms with Gasteiger partial charge in [-0.05, 0) is 25.2 Å². The highest BCUT2D eigenvalue weighted by molar-refractivity contribution is 5.88. The molecule has 0 aromatic rings. The largest absolute Gasteiger partial charge is 0.468 e. The molecule has 2 aliphatic rings. The van der Waals surface area contributed by atoms with E-state index in [1.54, 1.807) is 6.08 Å². The highest BCUT2D eigenvalue weighted by Gasteiger charge is 2.46. The normalized spacial score (nSPS) is 32.2. The van der Waals surface area contributed by atoms with Crippen LogP contribution in [0.25, 0.3) is 0 Å². The van der Waals surface area contributed by atoms with Crippen molar-refractivity contribution in [3.8, 4) is 0 Å². The lowest BCUT2D eigenvalue weighted by atomic mass is 9.83. The Morgan fingerprint density at radius 2 is 2.15 bits per heavy atom. The molecular formula is C16H22O4. The smallest absolute Gasteiger partial charge is 0.315 e. The Balaban J connectivity index is 2.50. The van der Waals surface area contributed by atoms with Crippen molar-refractivity contribution in [3.63, 3.8) is 0 Å². The van der Waals surface area contributed by atoms with Gasteiger partial charge in [-0.2, -0.15) is 0 Å². The summed E-state index contributed by atoms with van der Waals surface area (Å²) in [5.41, 5.74) is 2.57. The Bertz CT molecular complexity index is 499. The molecule has 0 saturated heterocycles. The van der Waals surface area contributed by atoms with E-state index in [9.17, 15) is 14.7 Å². The molecule has 2 aliphatic carbocycles. The molecule has 1 fully saturated rings. The predicted octanol–water partition coefficient (Wildman–Crippen LogP) is 2.03. The summed E-state index contributed by atoms with van der Waals surface area (Å²) < 4.78 is 4.77. The van der Waals surface area contributed by atoms with Crippen LogP contribution < -0.4 is 0 Å². The molecule has 1 saturated carbocycles. The van der Waals surface area contributed by atoms with Gasteiger partial charge in [-0.15, -0.1) is 0 Å². The zero-order chi connectivity index (χ0) is 15.1. The Labute approximate surface area is 119 Å². The van der Waals surface area contributed by atoms with Crippen LogP contribution in [0.5, 0.6) is 0 Å². The maximum atomic E-state index is 12.0. The Kier molecular flexibility index (Phi) is 3.87. The first-order valence-corrected chi connectivity index (χ1v) is 6.93. The van der Waals surface area contributed by atoms with E-state index in [2.05, 4.69) is 13.8 Å². The second-order valence-electron chi connectivity index (χ2n) is 6.61. The molecule has 1 N–H and O–H groups in total. The summed E-state index contributed by atoms with van der Waals surface area (Å²) in [5, 5.41) is 10.6. The molecule has 110 valence electrons. The van der Waals surface area contributed by atoms with Gasteiger partial charge in [0.2, 0.25) is 0 Å². The van der Waals surface area contributed by atoms with E-state index in [-0.39, 0.29) is 11.3 Å². The minimum Gasteiger partial charge on any atom is -0.468 e. The van der Waals surface area contributed by atoms with Crippen molar-refractivity contribution in [2.75, 3.05) is 7.11 Å². The number of esters is 1. The fourth-order valence-electron chi connectivity index (χ4n) is 3.57. The lowest BCUT2D eigenvalue weighted by Gasteiger charge is -2.26. The fourth-order valence-corrected chi connectivity index (χ4v) is 3.57. The number of methoxy groups -OCH3 is 1. The number of ether oxygens (including phenoxy) is 1. The average Bonchev–Trinajstić information content (AvgIpc) is 2.68. The number of hydrogen-bond donors (Lipinski definition) is 1. The lowest BCUT2D eigenvalue weighted by molar-refractivity contribution is -0.149. The quantitative estimate of drug-likeness (QED) is 0.620. The summed E-state index contributed by atoms with van der Waals surface area (Å²) in [6.07, 6.45) is 3.19. The molecule has 0 aromatic carbocycles. The molecule has 0 aliphatic heterocycles. The van der Waals surface area contributed by atoms with E-state index >= 15 is 0 Å². The zero-order valence-corrected chi connectivity index (χ0v) is 12.5. The Morgan fingerprint density at radius 3 is 2.70 bits per heavy atom. The number of allylic oxidation sites excluding steroid dienone is 2. The van der Waals surface area contributed by atoms with Crippen molar-refractivity contribution in [1.29, 1.82) is 0 Å². The summed E-state index contributed by atoms with van der Waals surface area (Å²) in [4.78, 5) is 23.2. The van der Waals surface area contributed by atoms with E-state index in [0.717, 1.165) is 24.0 Å². The Morgan fingerprint density at radius 1 is 1.50 bits per heavy atom. The first-order valence-electron chi connectivity index (χ1n) is 6.93. The number of carbonyl (C=O) groups is 2. The van der Waals surface area contributed by atoms with Crippen molar-refractivity contribution < 1.29 is 19.4 Å². The second kappa shape index (κ2) is 5.17. The number of aliphatic hydroxyl groups is 1. The number of rotatable bonds is 2. The molecule has 4 nitrogen and oxygen atoms in total. The monoisotopic (exact) mass is 278 g/mol. The summed E-state index contributed by atoms with van der Waals surface area (Å²) in [7, 11) is 1.28. The average molecular weight is 278 g/mol. The van der Waals surface area contributed by atoms with Crippen molar-refractivity contribution in [2.24, 2.45) is 17.3 Å². The molecule has 2 rings (SSSR count). The van der Waals surface area contributed by atoms with Crippen LogP contribution in [0, 0.1) is 17.3 Å². The molecule has 4 heteroatoms. The number of aliphatic hydroxyl groups excluding tert-OH is 1. The molecule has 0 aromatic heterocycles. The third-order valence-corrected chi connectivity index (χ3v) is 4.48. The zero-order valence-electron chi connectivity index (χ0n) is 12.5. The van der Waals surface area contributed by atoms with Crippen LogP contribution in [0.2, 0.25) is 0 Å². The molecule has 3 atom stereocenters. The summed E-state index contributed by atoms with van der Waals surface area (Å²) >= 11 is 0. The minimum absolute atomic E-state index is 0.0807. The van der Waals surface area contributed by atoms with Gasteiger partial charge in [0, 0.05) is 11.5 Å². The number of hydrogen-bond acceptors (Lipinski definition) is 4. The molecule has 0 bridgehead atoms. The van der Waals surface area contributed by atoms with Gasteiger partial charge in [0.1, 0.15) is 12.2 Å². The number of fused-ring (bicyclic) bond motifs is 1. The van der Waals surface area contributed by atoms with Gasteiger partial charge < -0.3 is 9.84 Å². The molecule has 0 spiro atoms. The first-order chi connectivity index (χ1) is 9.30. The first kappa shape index (κ1) is 15.0. The van der Waals surface area contributed by atoms with E-state index in [4.69, 9.17) is 4.74 Å². The molecular weight excluding hydrogens is 256 g/mol. The Hall–Kier alpha value is -1.42. The molecule has 0 amide bonds. The summed E-state index contributed by atoms with van der Waals surface area (Å²) in [6.45, 7) is 6.26. The molecule has 3 unspecified atom stereocenters. The summed E-state index contributed by atoms with van der Waals surface area (Å²) in [5.74, 6) is -1.51. The van der Waals surface area contributed by atoms with E-state index < -0.39 is 18.0 Å².